The van der Waals surface area contributed by atoms with Gasteiger partial charge in [0, 0.05) is 6.61 Å². The Bertz CT molecular complexity index is 1260. The van der Waals surface area contributed by atoms with Crippen LogP contribution in [0.15, 0.2) is 72.8 Å². The van der Waals surface area contributed by atoms with Gasteiger partial charge in [-0.15, -0.1) is 0 Å². The molecule has 2 unspecified atom stereocenters. The summed E-state index contributed by atoms with van der Waals surface area (Å²) in [5, 5.41) is 0. The Morgan fingerprint density at radius 1 is 0.571 bits per heavy atom. The minimum atomic E-state index is -0.333. The SMILES string of the molecule is CCCCCCCCCCCC(CCC)c1ccccc1-c1ccc(C(=O)Oc2ccc(C(C)OCCCCCCCCCC)cc2)cc1. The molecule has 0 radical (unpaired) electrons. The van der Waals surface area contributed by atoms with Crippen LogP contribution in [0.2, 0.25) is 0 Å². The third kappa shape index (κ3) is 15.7. The fourth-order valence-electron chi connectivity index (χ4n) is 6.97. The largest absolute Gasteiger partial charge is 0.423 e. The first-order chi connectivity index (χ1) is 24.1. The highest BCUT2D eigenvalue weighted by Gasteiger charge is 2.17. The molecule has 0 aliphatic heterocycles. The number of benzene rings is 3. The van der Waals surface area contributed by atoms with Gasteiger partial charge in [-0.2, -0.15) is 0 Å². The molecule has 0 saturated carbocycles. The molecule has 0 aliphatic carbocycles. The molecular weight excluding hydrogens is 601 g/mol. The van der Waals surface area contributed by atoms with Crippen molar-refractivity contribution in [2.24, 2.45) is 0 Å². The Labute approximate surface area is 300 Å². The summed E-state index contributed by atoms with van der Waals surface area (Å²) in [5.41, 5.74) is 5.54. The highest BCUT2D eigenvalue weighted by Crippen LogP contribution is 2.35. The van der Waals surface area contributed by atoms with Crippen molar-refractivity contribution in [1.29, 1.82) is 0 Å². The molecule has 3 heteroatoms. The van der Waals surface area contributed by atoms with Crippen molar-refractivity contribution in [3.8, 4) is 16.9 Å². The number of esters is 1. The summed E-state index contributed by atoms with van der Waals surface area (Å²) < 4.78 is 11.8. The summed E-state index contributed by atoms with van der Waals surface area (Å²) in [6, 6.07) is 24.6. The van der Waals surface area contributed by atoms with E-state index in [1.54, 1.807) is 0 Å². The first-order valence-corrected chi connectivity index (χ1v) is 20.2. The molecule has 0 bridgehead atoms. The molecule has 3 aromatic rings. The molecule has 3 nitrogen and oxygen atoms in total. The highest BCUT2D eigenvalue weighted by atomic mass is 16.5. The van der Waals surface area contributed by atoms with Crippen LogP contribution in [0.3, 0.4) is 0 Å². The normalized spacial score (nSPS) is 12.6. The lowest BCUT2D eigenvalue weighted by Gasteiger charge is -2.21. The summed E-state index contributed by atoms with van der Waals surface area (Å²) in [4.78, 5) is 13.1. The van der Waals surface area contributed by atoms with Gasteiger partial charge in [0.1, 0.15) is 5.75 Å². The molecule has 0 aromatic heterocycles. The average Bonchev–Trinajstić information content (AvgIpc) is 3.13. The van der Waals surface area contributed by atoms with E-state index < -0.39 is 0 Å². The number of ether oxygens (including phenoxy) is 2. The summed E-state index contributed by atoms with van der Waals surface area (Å²) in [7, 11) is 0. The van der Waals surface area contributed by atoms with Crippen molar-refractivity contribution >= 4 is 5.97 Å². The first-order valence-electron chi connectivity index (χ1n) is 20.2. The number of carbonyl (C=O) groups is 1. The molecule has 270 valence electrons. The third-order valence-corrected chi connectivity index (χ3v) is 10.1. The van der Waals surface area contributed by atoms with Crippen LogP contribution in [0.1, 0.15) is 190 Å². The van der Waals surface area contributed by atoms with E-state index in [-0.39, 0.29) is 12.1 Å². The minimum absolute atomic E-state index is 0.0201. The van der Waals surface area contributed by atoms with E-state index in [0.717, 1.165) is 24.2 Å². The maximum Gasteiger partial charge on any atom is 0.343 e. The molecule has 3 aromatic carbocycles. The van der Waals surface area contributed by atoms with Crippen molar-refractivity contribution in [3.63, 3.8) is 0 Å². The third-order valence-electron chi connectivity index (χ3n) is 10.1. The summed E-state index contributed by atoms with van der Waals surface area (Å²) >= 11 is 0. The zero-order valence-electron chi connectivity index (χ0n) is 31.7. The van der Waals surface area contributed by atoms with Crippen LogP contribution in [0, 0.1) is 0 Å². The molecule has 0 N–H and O–H groups in total. The quantitative estimate of drug-likeness (QED) is 0.0461. The van der Waals surface area contributed by atoms with Crippen molar-refractivity contribution < 1.29 is 14.3 Å². The molecule has 0 heterocycles. The lowest BCUT2D eigenvalue weighted by atomic mass is 9.84. The second-order valence-corrected chi connectivity index (χ2v) is 14.2. The molecule has 0 spiro atoms. The van der Waals surface area contributed by atoms with Gasteiger partial charge in [0.05, 0.1) is 11.7 Å². The van der Waals surface area contributed by atoms with E-state index in [4.69, 9.17) is 9.47 Å². The molecule has 0 saturated heterocycles. The predicted molar refractivity (Wildman–Crippen MR) is 210 cm³/mol. The second-order valence-electron chi connectivity index (χ2n) is 14.2. The standard InChI is InChI=1S/C46H68O3/c1-5-8-10-12-14-16-17-19-21-26-40(25-7-3)44-27-22-23-28-45(44)41-29-31-42(32-30-41)46(47)49-43-35-33-39(34-36-43)38(4)48-37-24-20-18-15-13-11-9-6-2/h22-23,27-36,38,40H,5-21,24-26,37H2,1-4H3. The molecule has 0 fully saturated rings. The van der Waals surface area contributed by atoms with Gasteiger partial charge < -0.3 is 9.47 Å². The molecule has 0 aliphatic rings. The van der Waals surface area contributed by atoms with E-state index >= 15 is 0 Å². The van der Waals surface area contributed by atoms with Gasteiger partial charge >= 0.3 is 5.97 Å². The Balaban J connectivity index is 1.47. The number of rotatable bonds is 27. The van der Waals surface area contributed by atoms with Crippen LogP contribution >= 0.6 is 0 Å². The maximum atomic E-state index is 13.1. The second kappa shape index (κ2) is 25.1. The van der Waals surface area contributed by atoms with Gasteiger partial charge in [-0.1, -0.05) is 178 Å². The van der Waals surface area contributed by atoms with E-state index in [9.17, 15) is 4.79 Å². The number of carbonyl (C=O) groups excluding carboxylic acids is 1. The van der Waals surface area contributed by atoms with Crippen LogP contribution in [-0.2, 0) is 4.74 Å². The van der Waals surface area contributed by atoms with Crippen LogP contribution in [0.4, 0.5) is 0 Å². The van der Waals surface area contributed by atoms with Crippen molar-refractivity contribution in [3.05, 3.63) is 89.5 Å². The summed E-state index contributed by atoms with van der Waals surface area (Å²) in [6.45, 7) is 9.72. The molecule has 49 heavy (non-hydrogen) atoms. The Morgan fingerprint density at radius 2 is 1.12 bits per heavy atom. The topological polar surface area (TPSA) is 35.5 Å². The minimum Gasteiger partial charge on any atom is -0.423 e. The highest BCUT2D eigenvalue weighted by molar-refractivity contribution is 5.91. The monoisotopic (exact) mass is 669 g/mol. The molecular formula is C46H68O3. The van der Waals surface area contributed by atoms with E-state index in [1.165, 1.54) is 133 Å². The van der Waals surface area contributed by atoms with Gasteiger partial charge in [-0.3, -0.25) is 0 Å². The summed E-state index contributed by atoms with van der Waals surface area (Å²) in [6.07, 6.45) is 26.3. The summed E-state index contributed by atoms with van der Waals surface area (Å²) in [5.74, 6) is 0.787. The molecule has 2 atom stereocenters. The van der Waals surface area contributed by atoms with Crippen molar-refractivity contribution in [2.75, 3.05) is 6.61 Å². The number of hydrogen-bond acceptors (Lipinski definition) is 3. The lowest BCUT2D eigenvalue weighted by molar-refractivity contribution is 0.0627. The van der Waals surface area contributed by atoms with Crippen LogP contribution in [0.25, 0.3) is 11.1 Å². The Morgan fingerprint density at radius 3 is 1.71 bits per heavy atom. The van der Waals surface area contributed by atoms with Gasteiger partial charge in [0.15, 0.2) is 0 Å². The van der Waals surface area contributed by atoms with Gasteiger partial charge in [-0.05, 0) is 78.6 Å². The first kappa shape index (κ1) is 40.5. The smallest absolute Gasteiger partial charge is 0.343 e. The van der Waals surface area contributed by atoms with Gasteiger partial charge in [0.2, 0.25) is 0 Å². The Kier molecular flexibility index (Phi) is 20.8. The van der Waals surface area contributed by atoms with Crippen LogP contribution in [0.5, 0.6) is 5.75 Å². The predicted octanol–water partition coefficient (Wildman–Crippen LogP) is 14.6. The fraction of sp³-hybridized carbons (Fsp3) is 0.587. The van der Waals surface area contributed by atoms with Crippen molar-refractivity contribution in [1.82, 2.24) is 0 Å². The van der Waals surface area contributed by atoms with Crippen LogP contribution in [-0.4, -0.2) is 12.6 Å². The Hall–Kier alpha value is -2.91. The molecule has 0 amide bonds. The van der Waals surface area contributed by atoms with Crippen LogP contribution < -0.4 is 4.74 Å². The van der Waals surface area contributed by atoms with E-state index in [0.29, 0.717) is 17.2 Å². The number of unbranched alkanes of at least 4 members (excludes halogenated alkanes) is 15. The average molecular weight is 669 g/mol. The van der Waals surface area contributed by atoms with E-state index in [1.807, 2.05) is 36.4 Å². The number of hydrogen-bond donors (Lipinski definition) is 0. The maximum absolute atomic E-state index is 13.1. The zero-order valence-corrected chi connectivity index (χ0v) is 31.7. The van der Waals surface area contributed by atoms with E-state index in [2.05, 4.69) is 64.1 Å². The zero-order chi connectivity index (χ0) is 34.9. The lowest BCUT2D eigenvalue weighted by Crippen LogP contribution is -2.08. The fourth-order valence-corrected chi connectivity index (χ4v) is 6.97. The van der Waals surface area contributed by atoms with Gasteiger partial charge in [-0.25, -0.2) is 4.79 Å². The van der Waals surface area contributed by atoms with Crippen molar-refractivity contribution in [2.45, 2.75) is 168 Å². The van der Waals surface area contributed by atoms with Gasteiger partial charge in [0.25, 0.3) is 0 Å². The molecule has 3 rings (SSSR count).